The van der Waals surface area contributed by atoms with E-state index < -0.39 is 24.5 Å². The molecule has 9 nitrogen and oxygen atoms in total. The first-order chi connectivity index (χ1) is 15.6. The molecular weight excluding hydrogens is 436 g/mol. The number of rotatable bonds is 7. The van der Waals surface area contributed by atoms with Crippen LogP contribution in [0.2, 0.25) is 0 Å². The summed E-state index contributed by atoms with van der Waals surface area (Å²) < 4.78 is 36.3. The van der Waals surface area contributed by atoms with Gasteiger partial charge in [0.15, 0.2) is 13.0 Å². The van der Waals surface area contributed by atoms with Crippen LogP contribution in [-0.4, -0.2) is 44.2 Å². The molecule has 1 atom stereocenters. The van der Waals surface area contributed by atoms with Crippen LogP contribution >= 0.6 is 0 Å². The number of carbonyl (C=O) groups is 2. The molecule has 172 valence electrons. The van der Waals surface area contributed by atoms with Crippen LogP contribution in [0.15, 0.2) is 41.5 Å². The van der Waals surface area contributed by atoms with Gasteiger partial charge < -0.3 is 19.4 Å². The van der Waals surface area contributed by atoms with Gasteiger partial charge in [-0.2, -0.15) is 0 Å². The molecule has 0 bridgehead atoms. The maximum Gasteiger partial charge on any atom is 0.294 e. The Morgan fingerprint density at radius 1 is 1.36 bits per heavy atom. The quantitative estimate of drug-likeness (QED) is 0.575. The standard InChI is InChI=1S/C22H21F2N5O4/c1-12-6-16(27-8-17(12)32-10-22(3,23)24)13(2)29-9-15-14(21(29)31)4-5-26-19(15)28-20(30)18-7-25-11-33-18/h4-8,11,13H,9-10H2,1-3H3,(H,26,28,30). The number of halogens is 2. The number of fused-ring (bicyclic) bond motifs is 1. The zero-order valence-corrected chi connectivity index (χ0v) is 18.1. The van der Waals surface area contributed by atoms with Gasteiger partial charge in [-0.1, -0.05) is 0 Å². The predicted molar refractivity (Wildman–Crippen MR) is 112 cm³/mol. The summed E-state index contributed by atoms with van der Waals surface area (Å²) in [4.78, 5) is 39.2. The number of oxazole rings is 1. The van der Waals surface area contributed by atoms with Crippen LogP contribution < -0.4 is 10.1 Å². The normalized spacial score (nSPS) is 14.2. The van der Waals surface area contributed by atoms with Gasteiger partial charge in [0.05, 0.1) is 30.7 Å². The maximum absolute atomic E-state index is 13.1. The third-order valence-corrected chi connectivity index (χ3v) is 5.22. The smallest absolute Gasteiger partial charge is 0.294 e. The molecule has 0 saturated carbocycles. The molecule has 0 saturated heterocycles. The molecule has 1 unspecified atom stereocenters. The number of aryl methyl sites for hydroxylation is 1. The summed E-state index contributed by atoms with van der Waals surface area (Å²) in [6.07, 6.45) is 5.25. The molecule has 0 aliphatic carbocycles. The molecule has 0 aromatic carbocycles. The first-order valence-electron chi connectivity index (χ1n) is 10.1. The van der Waals surface area contributed by atoms with E-state index in [1.54, 1.807) is 24.0 Å². The summed E-state index contributed by atoms with van der Waals surface area (Å²) in [6, 6.07) is 2.87. The highest BCUT2D eigenvalue weighted by Gasteiger charge is 2.34. The van der Waals surface area contributed by atoms with Crippen LogP contribution in [0.4, 0.5) is 14.6 Å². The van der Waals surface area contributed by atoms with Gasteiger partial charge in [0.2, 0.25) is 5.76 Å². The number of ether oxygens (including phenoxy) is 1. The van der Waals surface area contributed by atoms with Crippen molar-refractivity contribution in [3.05, 3.63) is 65.3 Å². The first kappa shape index (κ1) is 22.3. The van der Waals surface area contributed by atoms with E-state index in [0.717, 1.165) is 13.3 Å². The van der Waals surface area contributed by atoms with Gasteiger partial charge in [0, 0.05) is 24.2 Å². The first-order valence-corrected chi connectivity index (χ1v) is 10.1. The number of nitrogens with one attached hydrogen (secondary N) is 1. The van der Waals surface area contributed by atoms with Crippen molar-refractivity contribution in [2.45, 2.75) is 39.3 Å². The summed E-state index contributed by atoms with van der Waals surface area (Å²) in [5.74, 6) is -3.19. The van der Waals surface area contributed by atoms with Crippen molar-refractivity contribution in [2.24, 2.45) is 0 Å². The Hall–Kier alpha value is -3.89. The van der Waals surface area contributed by atoms with E-state index in [4.69, 9.17) is 9.15 Å². The second kappa shape index (κ2) is 8.57. The van der Waals surface area contributed by atoms with Crippen molar-refractivity contribution in [3.63, 3.8) is 0 Å². The fraction of sp³-hybridized carbons (Fsp3) is 0.318. The number of hydrogen-bond donors (Lipinski definition) is 1. The molecule has 3 aromatic rings. The number of alkyl halides is 2. The van der Waals surface area contributed by atoms with Crippen LogP contribution in [0.5, 0.6) is 5.75 Å². The second-order valence-corrected chi connectivity index (χ2v) is 7.85. The Morgan fingerprint density at radius 3 is 2.82 bits per heavy atom. The van der Waals surface area contributed by atoms with Gasteiger partial charge in [0.1, 0.15) is 11.6 Å². The third-order valence-electron chi connectivity index (χ3n) is 5.22. The lowest BCUT2D eigenvalue weighted by Crippen LogP contribution is -2.28. The van der Waals surface area contributed by atoms with Crippen molar-refractivity contribution in [1.82, 2.24) is 19.9 Å². The van der Waals surface area contributed by atoms with E-state index in [0.29, 0.717) is 22.4 Å². The van der Waals surface area contributed by atoms with Gasteiger partial charge in [-0.3, -0.25) is 14.6 Å². The third kappa shape index (κ3) is 4.66. The predicted octanol–water partition coefficient (Wildman–Crippen LogP) is 3.78. The Balaban J connectivity index is 1.52. The number of pyridine rings is 2. The highest BCUT2D eigenvalue weighted by Crippen LogP contribution is 2.34. The van der Waals surface area contributed by atoms with Gasteiger partial charge in [0.25, 0.3) is 17.7 Å². The average Bonchev–Trinajstić information content (AvgIpc) is 3.41. The number of amides is 2. The number of anilines is 1. The van der Waals surface area contributed by atoms with E-state index in [1.165, 1.54) is 18.6 Å². The van der Waals surface area contributed by atoms with Gasteiger partial charge in [-0.05, 0) is 31.5 Å². The zero-order chi connectivity index (χ0) is 23.8. The van der Waals surface area contributed by atoms with Crippen molar-refractivity contribution in [3.8, 4) is 5.75 Å². The molecule has 3 aromatic heterocycles. The summed E-state index contributed by atoms with van der Waals surface area (Å²) in [6.45, 7) is 3.77. The van der Waals surface area contributed by atoms with E-state index in [2.05, 4.69) is 20.3 Å². The highest BCUT2D eigenvalue weighted by atomic mass is 19.3. The number of aromatic nitrogens is 3. The number of carbonyl (C=O) groups excluding carboxylic acids is 2. The Labute approximate surface area is 187 Å². The van der Waals surface area contributed by atoms with Crippen molar-refractivity contribution < 1.29 is 27.5 Å². The molecular formula is C22H21F2N5O4. The van der Waals surface area contributed by atoms with Crippen LogP contribution in [0, 0.1) is 6.92 Å². The Kier molecular flexibility index (Phi) is 5.79. The maximum atomic E-state index is 13.1. The SMILES string of the molecule is Cc1cc(C(C)N2Cc3c(ccnc3NC(=O)c3cnco3)C2=O)ncc1OCC(C)(F)F. The fourth-order valence-electron chi connectivity index (χ4n) is 3.48. The van der Waals surface area contributed by atoms with Crippen molar-refractivity contribution in [2.75, 3.05) is 11.9 Å². The minimum atomic E-state index is -2.96. The molecule has 0 fully saturated rings. The molecule has 2 amide bonds. The number of nitrogens with zero attached hydrogens (tertiary/aromatic N) is 4. The Morgan fingerprint density at radius 2 is 2.15 bits per heavy atom. The molecule has 33 heavy (non-hydrogen) atoms. The molecule has 1 aliphatic heterocycles. The summed E-state index contributed by atoms with van der Waals surface area (Å²) in [7, 11) is 0. The van der Waals surface area contributed by atoms with E-state index in [1.807, 2.05) is 6.92 Å². The van der Waals surface area contributed by atoms with Gasteiger partial charge in [-0.25, -0.2) is 18.7 Å². The molecule has 1 aliphatic rings. The van der Waals surface area contributed by atoms with Crippen LogP contribution in [0.3, 0.4) is 0 Å². The molecule has 11 heteroatoms. The fourth-order valence-corrected chi connectivity index (χ4v) is 3.48. The monoisotopic (exact) mass is 457 g/mol. The lowest BCUT2D eigenvalue weighted by atomic mass is 10.1. The summed E-state index contributed by atoms with van der Waals surface area (Å²) in [5.41, 5.74) is 2.20. The summed E-state index contributed by atoms with van der Waals surface area (Å²) >= 11 is 0. The Bertz CT molecular complexity index is 1190. The van der Waals surface area contributed by atoms with Crippen LogP contribution in [0.25, 0.3) is 0 Å². The lowest BCUT2D eigenvalue weighted by molar-refractivity contribution is -0.0232. The van der Waals surface area contributed by atoms with E-state index in [-0.39, 0.29) is 29.8 Å². The molecule has 4 heterocycles. The largest absolute Gasteiger partial charge is 0.485 e. The zero-order valence-electron chi connectivity index (χ0n) is 18.1. The van der Waals surface area contributed by atoms with E-state index in [9.17, 15) is 18.4 Å². The molecule has 0 radical (unpaired) electrons. The molecule has 1 N–H and O–H groups in total. The highest BCUT2D eigenvalue weighted by molar-refractivity contribution is 6.05. The van der Waals surface area contributed by atoms with E-state index >= 15 is 0 Å². The minimum Gasteiger partial charge on any atom is -0.485 e. The molecule has 0 spiro atoms. The molecule has 4 rings (SSSR count). The summed E-state index contributed by atoms with van der Waals surface area (Å²) in [5, 5.41) is 2.65. The van der Waals surface area contributed by atoms with Gasteiger partial charge >= 0.3 is 0 Å². The average molecular weight is 457 g/mol. The topological polar surface area (TPSA) is 110 Å². The number of hydrogen-bond acceptors (Lipinski definition) is 7. The van der Waals surface area contributed by atoms with Crippen molar-refractivity contribution in [1.29, 1.82) is 0 Å². The van der Waals surface area contributed by atoms with Crippen LogP contribution in [0.1, 0.15) is 57.6 Å². The van der Waals surface area contributed by atoms with Crippen molar-refractivity contribution >= 4 is 17.6 Å². The van der Waals surface area contributed by atoms with Crippen LogP contribution in [-0.2, 0) is 6.54 Å². The minimum absolute atomic E-state index is 0.0202. The van der Waals surface area contributed by atoms with Gasteiger partial charge in [-0.15, -0.1) is 0 Å². The second-order valence-electron chi connectivity index (χ2n) is 7.85. The lowest BCUT2D eigenvalue weighted by Gasteiger charge is -2.24.